The Kier molecular flexibility index (Phi) is 5.10. The maximum Gasteiger partial charge on any atom is 0.251 e. The predicted molar refractivity (Wildman–Crippen MR) is 94.5 cm³/mol. The van der Waals surface area contributed by atoms with E-state index in [0.717, 1.165) is 22.3 Å². The first-order valence-corrected chi connectivity index (χ1v) is 8.51. The standard InChI is InChI=1S/C17H18BrN5O/c1-2-23-16(15(18)10-21-23)11-19-17(24)14-6-3-5-13(9-14)12-22-8-4-7-20-22/h3-10H,2,11-12H2,1H3,(H,19,24). The van der Waals surface area contributed by atoms with Crippen LogP contribution in [0.2, 0.25) is 0 Å². The highest BCUT2D eigenvalue weighted by molar-refractivity contribution is 9.10. The normalized spacial score (nSPS) is 10.8. The molecule has 124 valence electrons. The molecule has 0 atom stereocenters. The van der Waals surface area contributed by atoms with Crippen LogP contribution in [0.3, 0.4) is 0 Å². The second kappa shape index (κ2) is 7.44. The highest BCUT2D eigenvalue weighted by Gasteiger charge is 2.11. The van der Waals surface area contributed by atoms with Crippen molar-refractivity contribution in [2.75, 3.05) is 0 Å². The molecule has 1 N–H and O–H groups in total. The van der Waals surface area contributed by atoms with E-state index in [1.807, 2.05) is 52.8 Å². The van der Waals surface area contributed by atoms with Crippen molar-refractivity contribution in [1.82, 2.24) is 24.9 Å². The van der Waals surface area contributed by atoms with Crippen molar-refractivity contribution in [1.29, 1.82) is 0 Å². The predicted octanol–water partition coefficient (Wildman–Crippen LogP) is 2.84. The molecule has 0 saturated heterocycles. The van der Waals surface area contributed by atoms with Crippen LogP contribution < -0.4 is 5.32 Å². The van der Waals surface area contributed by atoms with Crippen LogP contribution in [0.25, 0.3) is 0 Å². The van der Waals surface area contributed by atoms with Gasteiger partial charge in [0.2, 0.25) is 0 Å². The van der Waals surface area contributed by atoms with E-state index in [1.54, 1.807) is 12.4 Å². The molecule has 0 unspecified atom stereocenters. The minimum absolute atomic E-state index is 0.104. The third-order valence-electron chi connectivity index (χ3n) is 3.71. The molecule has 0 bridgehead atoms. The average molecular weight is 388 g/mol. The van der Waals surface area contributed by atoms with Crippen LogP contribution in [0.4, 0.5) is 0 Å². The van der Waals surface area contributed by atoms with Gasteiger partial charge in [0.25, 0.3) is 5.91 Å². The topological polar surface area (TPSA) is 64.7 Å². The Bertz CT molecular complexity index is 825. The SMILES string of the molecule is CCn1ncc(Br)c1CNC(=O)c1cccc(Cn2cccn2)c1. The summed E-state index contributed by atoms with van der Waals surface area (Å²) in [6.07, 6.45) is 5.39. The van der Waals surface area contributed by atoms with Gasteiger partial charge in [-0.1, -0.05) is 12.1 Å². The van der Waals surface area contributed by atoms with Crippen molar-refractivity contribution in [3.05, 3.63) is 70.2 Å². The summed E-state index contributed by atoms with van der Waals surface area (Å²) < 4.78 is 4.59. The van der Waals surface area contributed by atoms with Crippen molar-refractivity contribution in [2.45, 2.75) is 26.6 Å². The number of amides is 1. The Morgan fingerprint density at radius 2 is 2.17 bits per heavy atom. The summed E-state index contributed by atoms with van der Waals surface area (Å²) >= 11 is 3.46. The first-order valence-electron chi connectivity index (χ1n) is 7.72. The molecule has 7 heteroatoms. The summed E-state index contributed by atoms with van der Waals surface area (Å²) in [7, 11) is 0. The van der Waals surface area contributed by atoms with E-state index < -0.39 is 0 Å². The first kappa shape index (κ1) is 16.4. The van der Waals surface area contributed by atoms with Gasteiger partial charge >= 0.3 is 0 Å². The van der Waals surface area contributed by atoms with Crippen molar-refractivity contribution in [2.24, 2.45) is 0 Å². The first-order chi connectivity index (χ1) is 11.7. The smallest absolute Gasteiger partial charge is 0.251 e. The van der Waals surface area contributed by atoms with E-state index >= 15 is 0 Å². The number of halogens is 1. The fourth-order valence-corrected chi connectivity index (χ4v) is 2.93. The van der Waals surface area contributed by atoms with Gasteiger partial charge in [-0.15, -0.1) is 0 Å². The largest absolute Gasteiger partial charge is 0.346 e. The molecule has 0 fully saturated rings. The zero-order valence-electron chi connectivity index (χ0n) is 13.3. The molecule has 2 heterocycles. The Hall–Kier alpha value is -2.41. The summed E-state index contributed by atoms with van der Waals surface area (Å²) in [5.74, 6) is -0.104. The van der Waals surface area contributed by atoms with E-state index in [9.17, 15) is 4.79 Å². The molecule has 0 aliphatic rings. The molecule has 3 aromatic rings. The Morgan fingerprint density at radius 3 is 2.92 bits per heavy atom. The number of carbonyl (C=O) groups is 1. The molecule has 2 aromatic heterocycles. The zero-order valence-corrected chi connectivity index (χ0v) is 14.9. The van der Waals surface area contributed by atoms with Gasteiger partial charge in [0, 0.05) is 24.5 Å². The molecular formula is C17H18BrN5O. The maximum atomic E-state index is 12.4. The van der Waals surface area contributed by atoms with Crippen molar-refractivity contribution in [3.63, 3.8) is 0 Å². The van der Waals surface area contributed by atoms with Crippen LogP contribution in [-0.2, 0) is 19.6 Å². The minimum atomic E-state index is -0.104. The Morgan fingerprint density at radius 1 is 1.29 bits per heavy atom. The molecule has 1 aromatic carbocycles. The number of hydrogen-bond acceptors (Lipinski definition) is 3. The van der Waals surface area contributed by atoms with Crippen LogP contribution in [0.15, 0.2) is 53.4 Å². The third kappa shape index (κ3) is 3.73. The molecule has 3 rings (SSSR count). The minimum Gasteiger partial charge on any atom is -0.346 e. The average Bonchev–Trinajstić information content (AvgIpc) is 3.22. The fraction of sp³-hybridized carbons (Fsp3) is 0.235. The van der Waals surface area contributed by atoms with Crippen LogP contribution in [-0.4, -0.2) is 25.5 Å². The molecular weight excluding hydrogens is 370 g/mol. The highest BCUT2D eigenvalue weighted by Crippen LogP contribution is 2.16. The van der Waals surface area contributed by atoms with Crippen LogP contribution in [0.1, 0.15) is 28.5 Å². The molecule has 24 heavy (non-hydrogen) atoms. The Labute approximate surface area is 148 Å². The summed E-state index contributed by atoms with van der Waals surface area (Å²) in [6, 6.07) is 9.46. The lowest BCUT2D eigenvalue weighted by atomic mass is 10.1. The molecule has 0 radical (unpaired) electrons. The van der Waals surface area contributed by atoms with Crippen molar-refractivity contribution < 1.29 is 4.79 Å². The van der Waals surface area contributed by atoms with E-state index in [-0.39, 0.29) is 5.91 Å². The van der Waals surface area contributed by atoms with Gasteiger partial charge in [-0.2, -0.15) is 10.2 Å². The van der Waals surface area contributed by atoms with Gasteiger partial charge in [0.15, 0.2) is 0 Å². The number of aryl methyl sites for hydroxylation is 1. The molecule has 1 amide bonds. The molecule has 6 nitrogen and oxygen atoms in total. The number of aromatic nitrogens is 4. The van der Waals surface area contributed by atoms with Crippen molar-refractivity contribution >= 4 is 21.8 Å². The number of benzene rings is 1. The zero-order chi connectivity index (χ0) is 16.9. The molecule has 0 saturated carbocycles. The maximum absolute atomic E-state index is 12.4. The van der Waals surface area contributed by atoms with E-state index in [0.29, 0.717) is 18.7 Å². The number of rotatable bonds is 6. The number of hydrogen-bond donors (Lipinski definition) is 1. The lowest BCUT2D eigenvalue weighted by Gasteiger charge is -2.09. The highest BCUT2D eigenvalue weighted by atomic mass is 79.9. The summed E-state index contributed by atoms with van der Waals surface area (Å²) in [5.41, 5.74) is 2.63. The van der Waals surface area contributed by atoms with Crippen LogP contribution >= 0.6 is 15.9 Å². The summed E-state index contributed by atoms with van der Waals surface area (Å²) in [6.45, 7) is 3.85. The van der Waals surface area contributed by atoms with Gasteiger partial charge < -0.3 is 5.32 Å². The summed E-state index contributed by atoms with van der Waals surface area (Å²) in [5, 5.41) is 11.4. The second-order valence-electron chi connectivity index (χ2n) is 5.34. The number of nitrogens with one attached hydrogen (secondary N) is 1. The monoisotopic (exact) mass is 387 g/mol. The third-order valence-corrected chi connectivity index (χ3v) is 4.37. The number of carbonyl (C=O) groups excluding carboxylic acids is 1. The molecule has 0 aliphatic carbocycles. The van der Waals surface area contributed by atoms with Gasteiger partial charge in [-0.3, -0.25) is 14.2 Å². The second-order valence-corrected chi connectivity index (χ2v) is 6.20. The van der Waals surface area contributed by atoms with Crippen LogP contribution in [0, 0.1) is 0 Å². The fourth-order valence-electron chi connectivity index (χ4n) is 2.49. The van der Waals surface area contributed by atoms with E-state index in [1.165, 1.54) is 0 Å². The van der Waals surface area contributed by atoms with E-state index in [4.69, 9.17) is 0 Å². The van der Waals surface area contributed by atoms with Crippen molar-refractivity contribution in [3.8, 4) is 0 Å². The van der Waals surface area contributed by atoms with Gasteiger partial charge in [0.1, 0.15) is 0 Å². The van der Waals surface area contributed by atoms with Gasteiger partial charge in [-0.25, -0.2) is 0 Å². The van der Waals surface area contributed by atoms with E-state index in [2.05, 4.69) is 31.4 Å². The van der Waals surface area contributed by atoms with Gasteiger partial charge in [0.05, 0.1) is 29.5 Å². The lowest BCUT2D eigenvalue weighted by Crippen LogP contribution is -2.24. The lowest BCUT2D eigenvalue weighted by molar-refractivity contribution is 0.0949. The molecule has 0 spiro atoms. The Balaban J connectivity index is 1.67. The quantitative estimate of drug-likeness (QED) is 0.706. The van der Waals surface area contributed by atoms with Gasteiger partial charge in [-0.05, 0) is 46.6 Å². The molecule has 0 aliphatic heterocycles. The summed E-state index contributed by atoms with van der Waals surface area (Å²) in [4.78, 5) is 12.4. The van der Waals surface area contributed by atoms with Crippen LogP contribution in [0.5, 0.6) is 0 Å². The number of nitrogens with zero attached hydrogens (tertiary/aromatic N) is 4.